The van der Waals surface area contributed by atoms with Gasteiger partial charge in [0.15, 0.2) is 0 Å². The highest BCUT2D eigenvalue weighted by molar-refractivity contribution is 6.33. The predicted molar refractivity (Wildman–Crippen MR) is 107 cm³/mol. The van der Waals surface area contributed by atoms with E-state index in [9.17, 15) is 18.0 Å². The average Bonchev–Trinajstić information content (AvgIpc) is 2.73. The van der Waals surface area contributed by atoms with Crippen LogP contribution in [0.2, 0.25) is 5.02 Å². The second-order valence-electron chi connectivity index (χ2n) is 6.12. The number of hydrogen-bond donors (Lipinski definition) is 1. The van der Waals surface area contributed by atoms with Crippen molar-refractivity contribution in [1.82, 2.24) is 4.98 Å². The molecule has 1 N–H and O–H groups in total. The van der Waals surface area contributed by atoms with Crippen molar-refractivity contribution in [1.29, 1.82) is 0 Å². The molecular formula is C21H16ClF3N2O3. The van der Waals surface area contributed by atoms with Gasteiger partial charge in [-0.2, -0.15) is 13.2 Å². The third-order valence-corrected chi connectivity index (χ3v) is 4.55. The maximum Gasteiger partial charge on any atom is 0.420 e. The molecule has 3 aromatic rings. The molecule has 0 atom stereocenters. The molecular weight excluding hydrogens is 421 g/mol. The van der Waals surface area contributed by atoms with E-state index in [2.05, 4.69) is 10.3 Å². The molecule has 0 aliphatic carbocycles. The van der Waals surface area contributed by atoms with Crippen molar-refractivity contribution in [3.8, 4) is 22.8 Å². The van der Waals surface area contributed by atoms with Crippen molar-refractivity contribution in [2.24, 2.45) is 0 Å². The first-order valence-corrected chi connectivity index (χ1v) is 8.98. The van der Waals surface area contributed by atoms with E-state index in [1.165, 1.54) is 25.3 Å². The van der Waals surface area contributed by atoms with Crippen molar-refractivity contribution >= 4 is 23.2 Å². The van der Waals surface area contributed by atoms with Gasteiger partial charge in [-0.1, -0.05) is 17.7 Å². The van der Waals surface area contributed by atoms with E-state index in [0.717, 1.165) is 19.2 Å². The second-order valence-corrected chi connectivity index (χ2v) is 6.52. The minimum absolute atomic E-state index is 0.0280. The Labute approximate surface area is 175 Å². The number of rotatable bonds is 5. The van der Waals surface area contributed by atoms with Gasteiger partial charge in [-0.25, -0.2) is 0 Å². The molecule has 156 valence electrons. The number of hydrogen-bond acceptors (Lipinski definition) is 4. The molecule has 0 saturated carbocycles. The fourth-order valence-electron chi connectivity index (χ4n) is 2.82. The number of carbonyl (C=O) groups excluding carboxylic acids is 1. The number of nitrogens with one attached hydrogen (secondary N) is 1. The van der Waals surface area contributed by atoms with Gasteiger partial charge in [-0.15, -0.1) is 0 Å². The van der Waals surface area contributed by atoms with Crippen molar-refractivity contribution in [3.63, 3.8) is 0 Å². The fourth-order valence-corrected chi connectivity index (χ4v) is 3.09. The lowest BCUT2D eigenvalue weighted by atomic mass is 10.1. The van der Waals surface area contributed by atoms with Crippen LogP contribution in [0.4, 0.5) is 18.9 Å². The standard InChI is InChI=1S/C21H16ClF3N2O3/c1-29-17-8-6-13(11-15(17)21(23,24)25)27-20(28)12-5-7-14(16(22)10-12)19-18(30-2)4-3-9-26-19/h3-11H,1-2H3,(H,27,28). The molecule has 0 aliphatic rings. The van der Waals surface area contributed by atoms with Crippen LogP contribution in [-0.4, -0.2) is 25.1 Å². The minimum Gasteiger partial charge on any atom is -0.496 e. The van der Waals surface area contributed by atoms with Gasteiger partial charge in [0.25, 0.3) is 5.91 Å². The van der Waals surface area contributed by atoms with Gasteiger partial charge in [0.1, 0.15) is 17.2 Å². The Hall–Kier alpha value is -3.26. The summed E-state index contributed by atoms with van der Waals surface area (Å²) in [6.45, 7) is 0. The number of nitrogens with zero attached hydrogens (tertiary/aromatic N) is 1. The van der Waals surface area contributed by atoms with Crippen LogP contribution in [0.3, 0.4) is 0 Å². The summed E-state index contributed by atoms with van der Waals surface area (Å²) >= 11 is 6.32. The molecule has 5 nitrogen and oxygen atoms in total. The topological polar surface area (TPSA) is 60.5 Å². The molecule has 1 amide bonds. The fraction of sp³-hybridized carbons (Fsp3) is 0.143. The lowest BCUT2D eigenvalue weighted by molar-refractivity contribution is -0.138. The zero-order chi connectivity index (χ0) is 21.9. The van der Waals surface area contributed by atoms with E-state index < -0.39 is 17.6 Å². The summed E-state index contributed by atoms with van der Waals surface area (Å²) in [5.74, 6) is -0.443. The summed E-state index contributed by atoms with van der Waals surface area (Å²) in [4.78, 5) is 16.8. The van der Waals surface area contributed by atoms with Crippen LogP contribution in [0, 0.1) is 0 Å². The van der Waals surface area contributed by atoms with Gasteiger partial charge in [-0.3, -0.25) is 9.78 Å². The van der Waals surface area contributed by atoms with E-state index >= 15 is 0 Å². The maximum atomic E-state index is 13.2. The van der Waals surface area contributed by atoms with Crippen LogP contribution >= 0.6 is 11.6 Å². The quantitative estimate of drug-likeness (QED) is 0.558. The third-order valence-electron chi connectivity index (χ3n) is 4.24. The summed E-state index contributed by atoms with van der Waals surface area (Å²) in [6.07, 6.45) is -3.05. The minimum atomic E-state index is -4.63. The number of anilines is 1. The van der Waals surface area contributed by atoms with Gasteiger partial charge in [0.2, 0.25) is 0 Å². The van der Waals surface area contributed by atoms with Crippen molar-refractivity contribution in [2.45, 2.75) is 6.18 Å². The van der Waals surface area contributed by atoms with Crippen molar-refractivity contribution in [3.05, 3.63) is 70.9 Å². The Morgan fingerprint density at radius 2 is 1.77 bits per heavy atom. The molecule has 0 saturated heterocycles. The van der Waals surface area contributed by atoms with Gasteiger partial charge in [-0.05, 0) is 42.5 Å². The Morgan fingerprint density at radius 3 is 2.40 bits per heavy atom. The largest absolute Gasteiger partial charge is 0.496 e. The van der Waals surface area contributed by atoms with Crippen LogP contribution in [0.15, 0.2) is 54.7 Å². The number of benzene rings is 2. The molecule has 30 heavy (non-hydrogen) atoms. The molecule has 9 heteroatoms. The van der Waals surface area contributed by atoms with E-state index in [4.69, 9.17) is 21.1 Å². The summed E-state index contributed by atoms with van der Waals surface area (Å²) in [5.41, 5.74) is 0.206. The number of ether oxygens (including phenoxy) is 2. The monoisotopic (exact) mass is 436 g/mol. The van der Waals surface area contributed by atoms with Crippen LogP contribution < -0.4 is 14.8 Å². The Balaban J connectivity index is 1.87. The summed E-state index contributed by atoms with van der Waals surface area (Å²) < 4.78 is 49.5. The van der Waals surface area contributed by atoms with E-state index in [1.807, 2.05) is 0 Å². The molecule has 1 heterocycles. The molecule has 0 radical (unpaired) electrons. The van der Waals surface area contributed by atoms with Crippen LogP contribution in [-0.2, 0) is 6.18 Å². The van der Waals surface area contributed by atoms with Crippen LogP contribution in [0.1, 0.15) is 15.9 Å². The average molecular weight is 437 g/mol. The number of halogens is 4. The number of pyridine rings is 1. The Morgan fingerprint density at radius 1 is 1.03 bits per heavy atom. The Bertz CT molecular complexity index is 1090. The van der Waals surface area contributed by atoms with Gasteiger partial charge < -0.3 is 14.8 Å². The Kier molecular flexibility index (Phi) is 6.17. The van der Waals surface area contributed by atoms with Gasteiger partial charge in [0, 0.05) is 23.0 Å². The number of carbonyl (C=O) groups is 1. The van der Waals surface area contributed by atoms with E-state index in [1.54, 1.807) is 24.4 Å². The lowest BCUT2D eigenvalue weighted by Crippen LogP contribution is -2.14. The summed E-state index contributed by atoms with van der Waals surface area (Å²) in [7, 11) is 2.64. The highest BCUT2D eigenvalue weighted by atomic mass is 35.5. The smallest absolute Gasteiger partial charge is 0.420 e. The van der Waals surface area contributed by atoms with Crippen LogP contribution in [0.5, 0.6) is 11.5 Å². The molecule has 0 unspecified atom stereocenters. The number of aromatic nitrogens is 1. The highest BCUT2D eigenvalue weighted by Crippen LogP contribution is 2.38. The number of alkyl halides is 3. The zero-order valence-electron chi connectivity index (χ0n) is 15.9. The first-order valence-electron chi connectivity index (χ1n) is 8.60. The molecule has 0 bridgehead atoms. The number of methoxy groups -OCH3 is 2. The van der Waals surface area contributed by atoms with Crippen molar-refractivity contribution in [2.75, 3.05) is 19.5 Å². The first kappa shape index (κ1) is 21.4. The molecule has 0 spiro atoms. The highest BCUT2D eigenvalue weighted by Gasteiger charge is 2.34. The second kappa shape index (κ2) is 8.62. The first-order chi connectivity index (χ1) is 14.2. The molecule has 1 aromatic heterocycles. The summed E-state index contributed by atoms with van der Waals surface area (Å²) in [5, 5.41) is 2.68. The maximum absolute atomic E-state index is 13.2. The third kappa shape index (κ3) is 4.49. The molecule has 3 rings (SSSR count). The molecule has 0 aliphatic heterocycles. The van der Waals surface area contributed by atoms with Crippen molar-refractivity contribution < 1.29 is 27.4 Å². The van der Waals surface area contributed by atoms with E-state index in [-0.39, 0.29) is 22.0 Å². The molecule has 2 aromatic carbocycles. The van der Waals surface area contributed by atoms with Gasteiger partial charge in [0.05, 0.1) is 24.8 Å². The SMILES string of the molecule is COc1ccc(NC(=O)c2ccc(-c3ncccc3OC)c(Cl)c2)cc1C(F)(F)F. The van der Waals surface area contributed by atoms with Gasteiger partial charge >= 0.3 is 6.18 Å². The predicted octanol–water partition coefficient (Wildman–Crippen LogP) is 5.69. The van der Waals surface area contributed by atoms with E-state index in [0.29, 0.717) is 17.0 Å². The zero-order valence-corrected chi connectivity index (χ0v) is 16.6. The summed E-state index contributed by atoms with van der Waals surface area (Å²) in [6, 6.07) is 11.2. The normalized spacial score (nSPS) is 11.1. The van der Waals surface area contributed by atoms with Crippen LogP contribution in [0.25, 0.3) is 11.3 Å². The lowest BCUT2D eigenvalue weighted by Gasteiger charge is -2.14. The number of amides is 1. The molecule has 0 fully saturated rings.